The van der Waals surface area contributed by atoms with E-state index in [1.807, 2.05) is 0 Å². The molecule has 1 rings (SSSR count). The number of nitriles is 1. The number of aromatic nitrogens is 1. The van der Waals surface area contributed by atoms with Crippen molar-refractivity contribution < 1.29 is 8.78 Å². The summed E-state index contributed by atoms with van der Waals surface area (Å²) in [6.07, 6.45) is -2.77. The second kappa shape index (κ2) is 4.15. The standard InChI is InChI=1S/C7H2ClF2IN2/c8-6-5(7(9)10)3(2-12)1-4(11)13-6/h1,7H. The fraction of sp³-hybridized carbons (Fsp3) is 0.143. The van der Waals surface area contributed by atoms with Gasteiger partial charge >= 0.3 is 0 Å². The summed E-state index contributed by atoms with van der Waals surface area (Å²) in [5, 5.41) is 8.24. The molecule has 0 saturated carbocycles. The van der Waals surface area contributed by atoms with E-state index in [-0.39, 0.29) is 10.7 Å². The van der Waals surface area contributed by atoms with Crippen molar-refractivity contribution in [2.45, 2.75) is 6.43 Å². The lowest BCUT2D eigenvalue weighted by molar-refractivity contribution is 0.150. The van der Waals surface area contributed by atoms with Gasteiger partial charge in [-0.15, -0.1) is 0 Å². The molecule has 0 aliphatic heterocycles. The zero-order valence-corrected chi connectivity index (χ0v) is 8.97. The molecule has 0 N–H and O–H groups in total. The van der Waals surface area contributed by atoms with Crippen LogP contribution in [0, 0.1) is 15.0 Å². The summed E-state index contributed by atoms with van der Waals surface area (Å²) in [7, 11) is 0. The highest BCUT2D eigenvalue weighted by atomic mass is 127. The Morgan fingerprint density at radius 2 is 2.23 bits per heavy atom. The van der Waals surface area contributed by atoms with Crippen LogP contribution >= 0.6 is 34.2 Å². The Labute approximate surface area is 91.7 Å². The van der Waals surface area contributed by atoms with Crippen molar-refractivity contribution in [3.8, 4) is 6.07 Å². The molecular weight excluding hydrogens is 312 g/mol. The van der Waals surface area contributed by atoms with Crippen LogP contribution in [0.2, 0.25) is 5.15 Å². The Bertz CT molecular complexity index is 375. The van der Waals surface area contributed by atoms with E-state index in [0.717, 1.165) is 0 Å². The second-order valence-electron chi connectivity index (χ2n) is 2.11. The molecule has 1 aromatic heterocycles. The summed E-state index contributed by atoms with van der Waals surface area (Å²) >= 11 is 7.26. The van der Waals surface area contributed by atoms with E-state index < -0.39 is 12.0 Å². The molecule has 0 aliphatic carbocycles. The zero-order valence-electron chi connectivity index (χ0n) is 6.06. The van der Waals surface area contributed by atoms with Crippen LogP contribution in [0.4, 0.5) is 8.78 Å². The molecular formula is C7H2ClF2IN2. The summed E-state index contributed by atoms with van der Waals surface area (Å²) in [6.45, 7) is 0. The zero-order chi connectivity index (χ0) is 10.0. The lowest BCUT2D eigenvalue weighted by Gasteiger charge is -2.04. The van der Waals surface area contributed by atoms with Crippen LogP contribution in [0.3, 0.4) is 0 Å². The maximum atomic E-state index is 12.3. The molecule has 1 aromatic rings. The predicted octanol–water partition coefficient (Wildman–Crippen LogP) is 3.15. The minimum Gasteiger partial charge on any atom is -0.230 e. The highest BCUT2D eigenvalue weighted by Crippen LogP contribution is 2.29. The highest BCUT2D eigenvalue weighted by Gasteiger charge is 2.18. The first-order valence-corrected chi connectivity index (χ1v) is 4.56. The molecule has 2 nitrogen and oxygen atoms in total. The van der Waals surface area contributed by atoms with Crippen molar-refractivity contribution in [1.29, 1.82) is 5.26 Å². The van der Waals surface area contributed by atoms with Crippen molar-refractivity contribution in [2.75, 3.05) is 0 Å². The molecule has 0 radical (unpaired) electrons. The van der Waals surface area contributed by atoms with Crippen molar-refractivity contribution in [3.05, 3.63) is 26.0 Å². The van der Waals surface area contributed by atoms with Crippen LogP contribution in [0.15, 0.2) is 6.07 Å². The van der Waals surface area contributed by atoms with Crippen LogP contribution in [0.1, 0.15) is 17.6 Å². The number of nitrogens with zero attached hydrogens (tertiary/aromatic N) is 2. The molecule has 1 heterocycles. The molecule has 0 spiro atoms. The predicted molar refractivity (Wildman–Crippen MR) is 51.6 cm³/mol. The van der Waals surface area contributed by atoms with Gasteiger partial charge in [-0.3, -0.25) is 0 Å². The molecule has 0 unspecified atom stereocenters. The Kier molecular flexibility index (Phi) is 3.39. The van der Waals surface area contributed by atoms with E-state index in [4.69, 9.17) is 16.9 Å². The summed E-state index contributed by atoms with van der Waals surface area (Å²) in [5.74, 6) is 0. The molecule has 0 atom stereocenters. The number of alkyl halides is 2. The maximum absolute atomic E-state index is 12.3. The van der Waals surface area contributed by atoms with Gasteiger partial charge in [0.05, 0.1) is 17.2 Å². The fourth-order valence-corrected chi connectivity index (χ4v) is 1.76. The molecule has 13 heavy (non-hydrogen) atoms. The summed E-state index contributed by atoms with van der Waals surface area (Å²) in [5.41, 5.74) is -0.621. The van der Waals surface area contributed by atoms with E-state index in [2.05, 4.69) is 4.98 Å². The molecule has 0 aliphatic rings. The minimum absolute atomic E-state index is 0.126. The number of rotatable bonds is 1. The van der Waals surface area contributed by atoms with Crippen LogP contribution in [-0.2, 0) is 0 Å². The molecule has 0 aromatic carbocycles. The third-order valence-corrected chi connectivity index (χ3v) is 2.16. The van der Waals surface area contributed by atoms with Gasteiger partial charge in [-0.1, -0.05) is 11.6 Å². The van der Waals surface area contributed by atoms with Gasteiger partial charge in [-0.05, 0) is 28.7 Å². The van der Waals surface area contributed by atoms with E-state index in [1.165, 1.54) is 6.07 Å². The van der Waals surface area contributed by atoms with Crippen molar-refractivity contribution in [3.63, 3.8) is 0 Å². The summed E-state index contributed by atoms with van der Waals surface area (Å²) in [4.78, 5) is 3.62. The van der Waals surface area contributed by atoms with Crippen molar-refractivity contribution in [2.24, 2.45) is 0 Å². The average Bonchev–Trinajstić information content (AvgIpc) is 2.01. The third-order valence-electron chi connectivity index (χ3n) is 1.32. The Hall–Kier alpha value is -0.480. The Morgan fingerprint density at radius 3 is 2.69 bits per heavy atom. The Balaban J connectivity index is 3.41. The van der Waals surface area contributed by atoms with Gasteiger partial charge in [0.1, 0.15) is 8.85 Å². The van der Waals surface area contributed by atoms with Gasteiger partial charge in [-0.2, -0.15) is 5.26 Å². The number of hydrogen-bond acceptors (Lipinski definition) is 2. The average molecular weight is 314 g/mol. The SMILES string of the molecule is N#Cc1cc(I)nc(Cl)c1C(F)F. The van der Waals surface area contributed by atoms with Crippen LogP contribution in [0.25, 0.3) is 0 Å². The van der Waals surface area contributed by atoms with E-state index in [1.54, 1.807) is 28.7 Å². The number of halogens is 4. The van der Waals surface area contributed by atoms with E-state index >= 15 is 0 Å². The van der Waals surface area contributed by atoms with Gasteiger partial charge < -0.3 is 0 Å². The fourth-order valence-electron chi connectivity index (χ4n) is 0.794. The first-order chi connectivity index (χ1) is 6.06. The van der Waals surface area contributed by atoms with E-state index in [0.29, 0.717) is 3.70 Å². The van der Waals surface area contributed by atoms with Crippen LogP contribution in [-0.4, -0.2) is 4.98 Å². The van der Waals surface area contributed by atoms with Crippen molar-refractivity contribution >= 4 is 34.2 Å². The molecule has 0 amide bonds. The normalized spacial score (nSPS) is 10.2. The maximum Gasteiger partial charge on any atom is 0.268 e. The smallest absolute Gasteiger partial charge is 0.230 e. The second-order valence-corrected chi connectivity index (χ2v) is 3.57. The summed E-state index contributed by atoms with van der Waals surface area (Å²) < 4.78 is 25.1. The first-order valence-electron chi connectivity index (χ1n) is 3.10. The molecule has 0 fully saturated rings. The molecule has 0 saturated heterocycles. The topological polar surface area (TPSA) is 36.7 Å². The van der Waals surface area contributed by atoms with Crippen molar-refractivity contribution in [1.82, 2.24) is 4.98 Å². The van der Waals surface area contributed by atoms with Crippen LogP contribution < -0.4 is 0 Å². The lowest BCUT2D eigenvalue weighted by Crippen LogP contribution is -1.96. The number of hydrogen-bond donors (Lipinski definition) is 0. The van der Waals surface area contributed by atoms with Gasteiger partial charge in [0.25, 0.3) is 6.43 Å². The monoisotopic (exact) mass is 314 g/mol. The minimum atomic E-state index is -2.77. The molecule has 68 valence electrons. The van der Waals surface area contributed by atoms with Crippen LogP contribution in [0.5, 0.6) is 0 Å². The van der Waals surface area contributed by atoms with E-state index in [9.17, 15) is 8.78 Å². The van der Waals surface area contributed by atoms with Gasteiger partial charge in [0.2, 0.25) is 0 Å². The van der Waals surface area contributed by atoms with Gasteiger partial charge in [0.15, 0.2) is 0 Å². The summed E-state index contributed by atoms with van der Waals surface area (Å²) in [6, 6.07) is 2.92. The quantitative estimate of drug-likeness (QED) is 0.590. The number of pyridine rings is 1. The van der Waals surface area contributed by atoms with Gasteiger partial charge in [-0.25, -0.2) is 13.8 Å². The van der Waals surface area contributed by atoms with Gasteiger partial charge in [0, 0.05) is 0 Å². The largest absolute Gasteiger partial charge is 0.268 e. The Morgan fingerprint density at radius 1 is 1.62 bits per heavy atom. The molecule has 6 heteroatoms. The molecule has 0 bridgehead atoms. The lowest BCUT2D eigenvalue weighted by atomic mass is 10.2. The highest BCUT2D eigenvalue weighted by molar-refractivity contribution is 14.1. The first kappa shape index (κ1) is 10.6. The third kappa shape index (κ3) is 2.25.